The molecular formula is C21H19FN6OS2. The highest BCUT2D eigenvalue weighted by Gasteiger charge is 2.13. The molecule has 0 aliphatic carbocycles. The smallest absolute Gasteiger partial charge is 0.235 e. The van der Waals surface area contributed by atoms with Crippen molar-refractivity contribution in [3.63, 3.8) is 0 Å². The van der Waals surface area contributed by atoms with Crippen LogP contribution in [0.1, 0.15) is 11.3 Å². The predicted octanol–water partition coefficient (Wildman–Crippen LogP) is 4.51. The van der Waals surface area contributed by atoms with Crippen molar-refractivity contribution in [3.05, 3.63) is 77.7 Å². The van der Waals surface area contributed by atoms with Gasteiger partial charge in [0, 0.05) is 12.6 Å². The first-order chi connectivity index (χ1) is 15.1. The lowest BCUT2D eigenvalue weighted by Crippen LogP contribution is -2.16. The number of aromatic nitrogens is 4. The summed E-state index contributed by atoms with van der Waals surface area (Å²) in [7, 11) is 0. The predicted molar refractivity (Wildman–Crippen MR) is 121 cm³/mol. The molecule has 0 aliphatic heterocycles. The van der Waals surface area contributed by atoms with Crippen molar-refractivity contribution >= 4 is 40.0 Å². The van der Waals surface area contributed by atoms with Crippen LogP contribution in [0.2, 0.25) is 0 Å². The number of carbonyl (C=O) groups excluding carboxylic acids is 1. The highest BCUT2D eigenvalue weighted by atomic mass is 32.2. The Balaban J connectivity index is 1.30. The van der Waals surface area contributed by atoms with E-state index in [2.05, 4.69) is 25.9 Å². The number of amides is 1. The molecule has 158 valence electrons. The van der Waals surface area contributed by atoms with Crippen LogP contribution in [0.4, 0.5) is 15.3 Å². The molecule has 1 amide bonds. The molecule has 2 heterocycles. The van der Waals surface area contributed by atoms with Gasteiger partial charge in [-0.1, -0.05) is 53.4 Å². The first kappa shape index (κ1) is 21.0. The molecule has 7 nitrogen and oxygen atoms in total. The Kier molecular flexibility index (Phi) is 6.58. The van der Waals surface area contributed by atoms with Crippen LogP contribution in [-0.2, 0) is 11.3 Å². The first-order valence-corrected chi connectivity index (χ1v) is 11.2. The van der Waals surface area contributed by atoms with Crippen LogP contribution in [0.25, 0.3) is 5.69 Å². The Morgan fingerprint density at radius 2 is 1.90 bits per heavy atom. The van der Waals surface area contributed by atoms with Gasteiger partial charge in [-0.05, 0) is 36.8 Å². The fourth-order valence-corrected chi connectivity index (χ4v) is 4.33. The van der Waals surface area contributed by atoms with Gasteiger partial charge in [-0.3, -0.25) is 4.79 Å². The van der Waals surface area contributed by atoms with Crippen molar-refractivity contribution in [1.29, 1.82) is 0 Å². The van der Waals surface area contributed by atoms with E-state index in [1.165, 1.54) is 35.2 Å². The zero-order valence-corrected chi connectivity index (χ0v) is 18.2. The molecule has 0 bridgehead atoms. The fraction of sp³-hybridized carbons (Fsp3) is 0.143. The van der Waals surface area contributed by atoms with Gasteiger partial charge in [-0.2, -0.15) is 5.10 Å². The van der Waals surface area contributed by atoms with Gasteiger partial charge in [-0.15, -0.1) is 10.2 Å². The molecular weight excluding hydrogens is 435 g/mol. The lowest BCUT2D eigenvalue weighted by Gasteiger charge is -2.08. The largest absolute Gasteiger partial charge is 0.356 e. The molecule has 0 saturated carbocycles. The van der Waals surface area contributed by atoms with Crippen LogP contribution in [0.5, 0.6) is 0 Å². The van der Waals surface area contributed by atoms with Gasteiger partial charge in [0.05, 0.1) is 17.1 Å². The van der Waals surface area contributed by atoms with E-state index in [0.717, 1.165) is 16.9 Å². The standard InChI is InChI=1S/C21H19FN6OS2/c1-14-11-18(28(27-14)17-5-3-2-4-6-17)24-19(29)13-30-21-26-25-20(31-21)23-12-15-7-9-16(22)10-8-15/h2-11H,12-13H2,1H3,(H,23,25)(H,24,29). The zero-order chi connectivity index (χ0) is 21.6. The van der Waals surface area contributed by atoms with Crippen LogP contribution >= 0.6 is 23.1 Å². The van der Waals surface area contributed by atoms with Crippen molar-refractivity contribution in [1.82, 2.24) is 20.0 Å². The Bertz CT molecular complexity index is 1160. The molecule has 4 rings (SSSR count). The van der Waals surface area contributed by atoms with E-state index < -0.39 is 0 Å². The molecule has 0 unspecified atom stereocenters. The Morgan fingerprint density at radius 3 is 2.68 bits per heavy atom. The molecule has 2 aromatic carbocycles. The average Bonchev–Trinajstić information content (AvgIpc) is 3.38. The van der Waals surface area contributed by atoms with E-state index in [-0.39, 0.29) is 17.5 Å². The van der Waals surface area contributed by atoms with Crippen molar-refractivity contribution in [2.75, 3.05) is 16.4 Å². The third-order valence-corrected chi connectivity index (χ3v) is 6.20. The lowest BCUT2D eigenvalue weighted by atomic mass is 10.2. The van der Waals surface area contributed by atoms with Gasteiger partial charge in [0.25, 0.3) is 0 Å². The van der Waals surface area contributed by atoms with Crippen molar-refractivity contribution in [3.8, 4) is 5.69 Å². The minimum atomic E-state index is -0.265. The molecule has 0 spiro atoms. The van der Waals surface area contributed by atoms with E-state index in [1.807, 2.05) is 43.3 Å². The number of anilines is 2. The summed E-state index contributed by atoms with van der Waals surface area (Å²) >= 11 is 2.68. The van der Waals surface area contributed by atoms with Gasteiger partial charge in [0.2, 0.25) is 11.0 Å². The summed E-state index contributed by atoms with van der Waals surface area (Å²) < 4.78 is 15.4. The van der Waals surface area contributed by atoms with Gasteiger partial charge in [-0.25, -0.2) is 9.07 Å². The Labute approximate surface area is 186 Å². The lowest BCUT2D eigenvalue weighted by molar-refractivity contribution is -0.113. The quantitative estimate of drug-likeness (QED) is 0.381. The number of thioether (sulfide) groups is 1. The second-order valence-corrected chi connectivity index (χ2v) is 8.81. The number of nitrogens with zero attached hydrogens (tertiary/aromatic N) is 4. The number of halogens is 1. The summed E-state index contributed by atoms with van der Waals surface area (Å²) in [5.41, 5.74) is 2.63. The summed E-state index contributed by atoms with van der Waals surface area (Å²) in [6, 6.07) is 17.7. The molecule has 0 aliphatic rings. The number of nitrogens with one attached hydrogen (secondary N) is 2. The van der Waals surface area contributed by atoms with Crippen LogP contribution in [-0.4, -0.2) is 31.6 Å². The van der Waals surface area contributed by atoms with Crippen LogP contribution in [0.15, 0.2) is 65.0 Å². The van der Waals surface area contributed by atoms with Crippen LogP contribution < -0.4 is 10.6 Å². The van der Waals surface area contributed by atoms with Crippen molar-refractivity contribution in [2.24, 2.45) is 0 Å². The summed E-state index contributed by atoms with van der Waals surface area (Å²) in [5.74, 6) is 0.399. The maximum Gasteiger partial charge on any atom is 0.235 e. The van der Waals surface area contributed by atoms with Crippen molar-refractivity contribution < 1.29 is 9.18 Å². The number of hydrogen-bond donors (Lipinski definition) is 2. The minimum Gasteiger partial charge on any atom is -0.356 e. The number of carbonyl (C=O) groups is 1. The maximum absolute atomic E-state index is 13.0. The number of benzene rings is 2. The highest BCUT2D eigenvalue weighted by Crippen LogP contribution is 2.26. The fourth-order valence-electron chi connectivity index (χ4n) is 2.78. The molecule has 4 aromatic rings. The van der Waals surface area contributed by atoms with Gasteiger partial charge in [0.15, 0.2) is 4.34 Å². The second kappa shape index (κ2) is 9.71. The number of rotatable bonds is 8. The molecule has 0 atom stereocenters. The molecule has 0 saturated heterocycles. The third kappa shape index (κ3) is 5.68. The number of para-hydroxylation sites is 1. The SMILES string of the molecule is Cc1cc(NC(=O)CSc2nnc(NCc3ccc(F)cc3)s2)n(-c2ccccc2)n1. The van der Waals surface area contributed by atoms with Crippen LogP contribution in [0.3, 0.4) is 0 Å². The van der Waals surface area contributed by atoms with Crippen molar-refractivity contribution in [2.45, 2.75) is 17.8 Å². The zero-order valence-electron chi connectivity index (χ0n) is 16.6. The Hall–Kier alpha value is -3.24. The summed E-state index contributed by atoms with van der Waals surface area (Å²) in [6.45, 7) is 2.40. The summed E-state index contributed by atoms with van der Waals surface area (Å²) in [4.78, 5) is 12.5. The normalized spacial score (nSPS) is 10.8. The van der Waals surface area contributed by atoms with Gasteiger partial charge in [0.1, 0.15) is 11.6 Å². The van der Waals surface area contributed by atoms with Gasteiger partial charge < -0.3 is 10.6 Å². The monoisotopic (exact) mass is 454 g/mol. The molecule has 2 N–H and O–H groups in total. The molecule has 0 fully saturated rings. The molecule has 2 aromatic heterocycles. The first-order valence-electron chi connectivity index (χ1n) is 9.43. The second-order valence-electron chi connectivity index (χ2n) is 6.61. The maximum atomic E-state index is 13.0. The van der Waals surface area contributed by atoms with E-state index in [0.29, 0.717) is 21.8 Å². The number of aryl methyl sites for hydroxylation is 1. The summed E-state index contributed by atoms with van der Waals surface area (Å²) in [5, 5.41) is 19.3. The molecule has 10 heteroatoms. The average molecular weight is 455 g/mol. The highest BCUT2D eigenvalue weighted by molar-refractivity contribution is 8.01. The van der Waals surface area contributed by atoms with E-state index >= 15 is 0 Å². The van der Waals surface area contributed by atoms with E-state index in [1.54, 1.807) is 16.8 Å². The van der Waals surface area contributed by atoms with E-state index in [9.17, 15) is 9.18 Å². The summed E-state index contributed by atoms with van der Waals surface area (Å²) in [6.07, 6.45) is 0. The number of hydrogen-bond acceptors (Lipinski definition) is 7. The minimum absolute atomic E-state index is 0.155. The Morgan fingerprint density at radius 1 is 1.13 bits per heavy atom. The molecule has 0 radical (unpaired) electrons. The van der Waals surface area contributed by atoms with Gasteiger partial charge >= 0.3 is 0 Å². The topological polar surface area (TPSA) is 84.7 Å². The van der Waals surface area contributed by atoms with Crippen LogP contribution in [0, 0.1) is 12.7 Å². The third-order valence-electron chi connectivity index (χ3n) is 4.19. The van der Waals surface area contributed by atoms with E-state index in [4.69, 9.17) is 0 Å². The molecule has 31 heavy (non-hydrogen) atoms.